The quantitative estimate of drug-likeness (QED) is 0.839. The second-order valence-corrected chi connectivity index (χ2v) is 3.67. The Bertz CT molecular complexity index is 507. The smallest absolute Gasteiger partial charge is 0.147 e. The monoisotopic (exact) mass is 227 g/mol. The Morgan fingerprint density at radius 1 is 1.47 bits per heavy atom. The average Bonchev–Trinajstić information content (AvgIpc) is 2.51. The van der Waals surface area contributed by atoms with E-state index in [1.54, 1.807) is 16.7 Å². The number of hydrogen-bond acceptors (Lipinski definition) is 1. The van der Waals surface area contributed by atoms with Gasteiger partial charge in [0, 0.05) is 17.5 Å². The Labute approximate surface area is 91.9 Å². The minimum Gasteiger partial charge on any atom is -0.392 e. The van der Waals surface area contributed by atoms with Crippen molar-refractivity contribution >= 4 is 22.5 Å². The fourth-order valence-electron chi connectivity index (χ4n) is 1.85. The van der Waals surface area contributed by atoms with E-state index in [4.69, 9.17) is 11.6 Å². The Morgan fingerprint density at radius 2 is 2.20 bits per heavy atom. The van der Waals surface area contributed by atoms with E-state index < -0.39 is 0 Å². The standard InChI is InChI=1S/C11H11ClFNO/c1-2-14-10-7(4-3-5-9(10)13)8(6-15)11(14)12/h3-5,15H,2,6H2,1H3. The van der Waals surface area contributed by atoms with E-state index in [2.05, 4.69) is 0 Å². The molecule has 1 N–H and O–H groups in total. The first kappa shape index (κ1) is 10.5. The van der Waals surface area contributed by atoms with Crippen LogP contribution in [0.25, 0.3) is 10.9 Å². The molecule has 0 saturated carbocycles. The molecule has 0 saturated heterocycles. The van der Waals surface area contributed by atoms with Gasteiger partial charge in [-0.15, -0.1) is 0 Å². The first-order valence-corrected chi connectivity index (χ1v) is 5.14. The van der Waals surface area contributed by atoms with Crippen molar-refractivity contribution in [2.75, 3.05) is 0 Å². The molecular weight excluding hydrogens is 217 g/mol. The molecule has 0 bridgehead atoms. The number of halogens is 2. The van der Waals surface area contributed by atoms with Crippen molar-refractivity contribution in [1.29, 1.82) is 0 Å². The van der Waals surface area contributed by atoms with Gasteiger partial charge in [-0.05, 0) is 13.0 Å². The number of rotatable bonds is 2. The molecule has 0 aliphatic carbocycles. The van der Waals surface area contributed by atoms with Crippen molar-refractivity contribution in [2.45, 2.75) is 20.1 Å². The molecule has 0 unspecified atom stereocenters. The fraction of sp³-hybridized carbons (Fsp3) is 0.273. The van der Waals surface area contributed by atoms with Gasteiger partial charge in [-0.25, -0.2) is 4.39 Å². The molecule has 1 aromatic heterocycles. The van der Waals surface area contributed by atoms with Crippen molar-refractivity contribution < 1.29 is 9.50 Å². The van der Waals surface area contributed by atoms with E-state index in [0.29, 0.717) is 28.2 Å². The van der Waals surface area contributed by atoms with Crippen LogP contribution in [0.2, 0.25) is 5.15 Å². The second-order valence-electron chi connectivity index (χ2n) is 3.31. The number of aryl methyl sites for hydroxylation is 1. The lowest BCUT2D eigenvalue weighted by Gasteiger charge is -2.02. The summed E-state index contributed by atoms with van der Waals surface area (Å²) in [5, 5.41) is 10.3. The second kappa shape index (κ2) is 3.83. The Hall–Kier alpha value is -1.06. The van der Waals surface area contributed by atoms with E-state index >= 15 is 0 Å². The van der Waals surface area contributed by atoms with Crippen LogP contribution in [-0.4, -0.2) is 9.67 Å². The number of aromatic nitrogens is 1. The lowest BCUT2D eigenvalue weighted by atomic mass is 10.2. The number of para-hydroxylation sites is 1. The normalized spacial score (nSPS) is 11.2. The molecule has 4 heteroatoms. The molecule has 0 fully saturated rings. The maximum atomic E-state index is 13.6. The first-order valence-electron chi connectivity index (χ1n) is 4.76. The third-order valence-electron chi connectivity index (χ3n) is 2.54. The van der Waals surface area contributed by atoms with Crippen molar-refractivity contribution in [2.24, 2.45) is 0 Å². The molecule has 0 spiro atoms. The summed E-state index contributed by atoms with van der Waals surface area (Å²) >= 11 is 6.06. The number of benzene rings is 1. The van der Waals surface area contributed by atoms with Gasteiger partial charge in [0.2, 0.25) is 0 Å². The predicted octanol–water partition coefficient (Wildman–Crippen LogP) is 2.95. The molecule has 0 aliphatic heterocycles. The van der Waals surface area contributed by atoms with E-state index in [1.165, 1.54) is 6.07 Å². The van der Waals surface area contributed by atoms with Gasteiger partial charge in [0.05, 0.1) is 12.1 Å². The van der Waals surface area contributed by atoms with Crippen LogP contribution >= 0.6 is 11.6 Å². The highest BCUT2D eigenvalue weighted by atomic mass is 35.5. The zero-order chi connectivity index (χ0) is 11.0. The highest BCUT2D eigenvalue weighted by Gasteiger charge is 2.16. The predicted molar refractivity (Wildman–Crippen MR) is 58.5 cm³/mol. The van der Waals surface area contributed by atoms with Crippen LogP contribution in [0.15, 0.2) is 18.2 Å². The van der Waals surface area contributed by atoms with Crippen LogP contribution in [-0.2, 0) is 13.2 Å². The molecule has 2 nitrogen and oxygen atoms in total. The summed E-state index contributed by atoms with van der Waals surface area (Å²) in [5.41, 5.74) is 1.06. The van der Waals surface area contributed by atoms with E-state index in [1.807, 2.05) is 6.92 Å². The number of hydrogen-bond donors (Lipinski definition) is 1. The van der Waals surface area contributed by atoms with Crippen molar-refractivity contribution in [3.8, 4) is 0 Å². The molecule has 2 rings (SSSR count). The summed E-state index contributed by atoms with van der Waals surface area (Å²) in [5.74, 6) is -0.309. The largest absolute Gasteiger partial charge is 0.392 e. The van der Waals surface area contributed by atoms with Crippen LogP contribution in [0.4, 0.5) is 4.39 Å². The van der Waals surface area contributed by atoms with E-state index in [-0.39, 0.29) is 12.4 Å². The van der Waals surface area contributed by atoms with Crippen LogP contribution in [0.5, 0.6) is 0 Å². The number of aliphatic hydroxyl groups excluding tert-OH is 1. The maximum Gasteiger partial charge on any atom is 0.147 e. The molecule has 2 aromatic rings. The summed E-state index contributed by atoms with van der Waals surface area (Å²) < 4.78 is 15.3. The van der Waals surface area contributed by atoms with Gasteiger partial charge < -0.3 is 9.67 Å². The Morgan fingerprint density at radius 3 is 2.80 bits per heavy atom. The highest BCUT2D eigenvalue weighted by molar-refractivity contribution is 6.32. The summed E-state index contributed by atoms with van der Waals surface area (Å²) in [7, 11) is 0. The zero-order valence-corrected chi connectivity index (χ0v) is 9.05. The van der Waals surface area contributed by atoms with E-state index in [9.17, 15) is 9.50 Å². The fourth-order valence-corrected chi connectivity index (χ4v) is 2.22. The van der Waals surface area contributed by atoms with Gasteiger partial charge in [-0.3, -0.25) is 0 Å². The molecule has 80 valence electrons. The molecule has 15 heavy (non-hydrogen) atoms. The van der Waals surface area contributed by atoms with Gasteiger partial charge in [-0.2, -0.15) is 0 Å². The molecular formula is C11H11ClFNO. The highest BCUT2D eigenvalue weighted by Crippen LogP contribution is 2.31. The van der Waals surface area contributed by atoms with Gasteiger partial charge >= 0.3 is 0 Å². The lowest BCUT2D eigenvalue weighted by molar-refractivity contribution is 0.283. The van der Waals surface area contributed by atoms with Gasteiger partial charge in [0.15, 0.2) is 0 Å². The van der Waals surface area contributed by atoms with Crippen LogP contribution in [0, 0.1) is 5.82 Å². The SMILES string of the molecule is CCn1c(Cl)c(CO)c2cccc(F)c21. The minimum atomic E-state index is -0.309. The molecule has 1 aromatic carbocycles. The minimum absolute atomic E-state index is 0.175. The summed E-state index contributed by atoms with van der Waals surface area (Å²) in [6.07, 6.45) is 0. The molecule has 0 atom stereocenters. The van der Waals surface area contributed by atoms with Crippen molar-refractivity contribution in [1.82, 2.24) is 4.57 Å². The number of fused-ring (bicyclic) bond motifs is 1. The number of nitrogens with zero attached hydrogens (tertiary/aromatic N) is 1. The topological polar surface area (TPSA) is 25.2 Å². The summed E-state index contributed by atoms with van der Waals surface area (Å²) in [6.45, 7) is 2.29. The van der Waals surface area contributed by atoms with Crippen LogP contribution in [0.3, 0.4) is 0 Å². The zero-order valence-electron chi connectivity index (χ0n) is 8.30. The summed E-state index contributed by atoms with van der Waals surface area (Å²) in [6, 6.07) is 4.78. The third-order valence-corrected chi connectivity index (χ3v) is 2.97. The van der Waals surface area contributed by atoms with E-state index in [0.717, 1.165) is 0 Å². The molecule has 0 radical (unpaired) electrons. The average molecular weight is 228 g/mol. The van der Waals surface area contributed by atoms with Gasteiger partial charge in [0.1, 0.15) is 11.0 Å². The lowest BCUT2D eigenvalue weighted by Crippen LogP contribution is -1.95. The molecule has 0 aliphatic rings. The Kier molecular flexibility index (Phi) is 2.67. The van der Waals surface area contributed by atoms with Crippen molar-refractivity contribution in [3.05, 3.63) is 34.7 Å². The van der Waals surface area contributed by atoms with Crippen molar-refractivity contribution in [3.63, 3.8) is 0 Å². The first-order chi connectivity index (χ1) is 7.20. The third kappa shape index (κ3) is 1.43. The van der Waals surface area contributed by atoms with Crippen LogP contribution in [0.1, 0.15) is 12.5 Å². The van der Waals surface area contributed by atoms with Crippen LogP contribution < -0.4 is 0 Å². The maximum absolute atomic E-state index is 13.6. The number of aliphatic hydroxyl groups is 1. The summed E-state index contributed by atoms with van der Waals surface area (Å²) in [4.78, 5) is 0. The van der Waals surface area contributed by atoms with Gasteiger partial charge in [0.25, 0.3) is 0 Å². The van der Waals surface area contributed by atoms with Gasteiger partial charge in [-0.1, -0.05) is 23.7 Å². The Balaban J connectivity index is 2.92. The molecule has 0 amide bonds. The molecule has 1 heterocycles.